The molecule has 2 rings (SSSR count). The number of nitrogens with one attached hydrogen (secondary N) is 1. The molecule has 1 N–H and O–H groups in total. The molecule has 0 aromatic carbocycles. The van der Waals surface area contributed by atoms with Gasteiger partial charge in [-0.25, -0.2) is 4.98 Å². The van der Waals surface area contributed by atoms with E-state index in [1.54, 1.807) is 0 Å². The van der Waals surface area contributed by atoms with Crippen LogP contribution in [0.1, 0.15) is 32.9 Å². The second-order valence-electron chi connectivity index (χ2n) is 5.53. The van der Waals surface area contributed by atoms with Gasteiger partial charge in [0.15, 0.2) is 0 Å². The Morgan fingerprint density at radius 2 is 2.10 bits per heavy atom. The Balaban J connectivity index is 1.84. The third kappa shape index (κ3) is 4.15. The molecule has 0 radical (unpaired) electrons. The van der Waals surface area contributed by atoms with E-state index < -0.39 is 0 Å². The van der Waals surface area contributed by atoms with Crippen LogP contribution in [0.25, 0.3) is 0 Å². The van der Waals surface area contributed by atoms with Crippen molar-refractivity contribution in [3.63, 3.8) is 0 Å². The highest BCUT2D eigenvalue weighted by Crippen LogP contribution is 2.12. The summed E-state index contributed by atoms with van der Waals surface area (Å²) in [5.41, 5.74) is 1.06. The summed E-state index contributed by atoms with van der Waals surface area (Å²) in [4.78, 5) is 13.9. The first-order chi connectivity index (χ1) is 9.72. The minimum Gasteiger partial charge on any atom is -0.369 e. The van der Waals surface area contributed by atoms with Gasteiger partial charge < -0.3 is 5.32 Å². The molecule has 1 aromatic rings. The fraction of sp³-hybridized carbons (Fsp3) is 0.733. The van der Waals surface area contributed by atoms with Crippen molar-refractivity contribution in [3.05, 3.63) is 18.1 Å². The molecule has 0 amide bonds. The highest BCUT2D eigenvalue weighted by Gasteiger charge is 2.22. The van der Waals surface area contributed by atoms with Crippen LogP contribution in [0, 0.1) is 0 Å². The molecular weight excluding hydrogens is 250 g/mol. The molecule has 112 valence electrons. The number of hydrogen-bond acceptors (Lipinski definition) is 5. The molecule has 0 bridgehead atoms. The number of likely N-dealkylation sites (N-methyl/N-ethyl adjacent to an activating group) is 1. The Hall–Kier alpha value is -1.20. The molecule has 0 spiro atoms. The van der Waals surface area contributed by atoms with Gasteiger partial charge in [0.05, 0.1) is 18.1 Å². The number of hydrogen-bond donors (Lipinski definition) is 1. The Bertz CT molecular complexity index is 392. The van der Waals surface area contributed by atoms with E-state index >= 15 is 0 Å². The molecule has 1 atom stereocenters. The predicted octanol–water partition coefficient (Wildman–Crippen LogP) is 1.82. The molecule has 0 saturated carbocycles. The highest BCUT2D eigenvalue weighted by molar-refractivity contribution is 5.30. The summed E-state index contributed by atoms with van der Waals surface area (Å²) in [5, 5.41) is 3.25. The normalized spacial score (nSPS) is 21.1. The minimum absolute atomic E-state index is 0.632. The number of aromatic nitrogens is 2. The number of anilines is 1. The zero-order chi connectivity index (χ0) is 14.4. The Morgan fingerprint density at radius 1 is 1.25 bits per heavy atom. The van der Waals surface area contributed by atoms with E-state index in [0.717, 1.165) is 57.2 Å². The lowest BCUT2D eigenvalue weighted by molar-refractivity contribution is 0.0826. The van der Waals surface area contributed by atoms with Crippen molar-refractivity contribution in [2.24, 2.45) is 0 Å². The van der Waals surface area contributed by atoms with Crippen LogP contribution in [-0.2, 0) is 6.54 Å². The van der Waals surface area contributed by atoms with Gasteiger partial charge in [-0.3, -0.25) is 14.8 Å². The minimum atomic E-state index is 0.632. The summed E-state index contributed by atoms with van der Waals surface area (Å²) < 4.78 is 0. The average molecular weight is 277 g/mol. The third-order valence-electron chi connectivity index (χ3n) is 3.90. The van der Waals surface area contributed by atoms with Crippen LogP contribution in [0.2, 0.25) is 0 Å². The smallest absolute Gasteiger partial charge is 0.144 e. The van der Waals surface area contributed by atoms with E-state index in [1.165, 1.54) is 0 Å². The molecule has 1 aromatic heterocycles. The van der Waals surface area contributed by atoms with Gasteiger partial charge in [-0.1, -0.05) is 13.8 Å². The zero-order valence-corrected chi connectivity index (χ0v) is 13.0. The van der Waals surface area contributed by atoms with Gasteiger partial charge in [-0.15, -0.1) is 0 Å². The van der Waals surface area contributed by atoms with Crippen LogP contribution in [0.4, 0.5) is 5.82 Å². The second-order valence-corrected chi connectivity index (χ2v) is 5.53. The molecule has 2 heterocycles. The van der Waals surface area contributed by atoms with Gasteiger partial charge in [0.1, 0.15) is 5.82 Å². The van der Waals surface area contributed by atoms with Gasteiger partial charge in [-0.2, -0.15) is 0 Å². The number of rotatable bonds is 6. The third-order valence-corrected chi connectivity index (χ3v) is 3.90. The summed E-state index contributed by atoms with van der Waals surface area (Å²) in [5.74, 6) is 0.875. The Morgan fingerprint density at radius 3 is 2.70 bits per heavy atom. The monoisotopic (exact) mass is 277 g/mol. The van der Waals surface area contributed by atoms with Crippen LogP contribution in [-0.4, -0.2) is 58.5 Å². The quantitative estimate of drug-likeness (QED) is 0.859. The lowest BCUT2D eigenvalue weighted by Gasteiger charge is -2.39. The Labute approximate surface area is 122 Å². The maximum Gasteiger partial charge on any atom is 0.144 e. The molecule has 20 heavy (non-hydrogen) atoms. The number of piperazine rings is 1. The van der Waals surface area contributed by atoms with Gasteiger partial charge in [0.25, 0.3) is 0 Å². The maximum absolute atomic E-state index is 4.51. The average Bonchev–Trinajstić information content (AvgIpc) is 2.47. The molecule has 5 nitrogen and oxygen atoms in total. The van der Waals surface area contributed by atoms with Crippen LogP contribution < -0.4 is 5.32 Å². The van der Waals surface area contributed by atoms with Crippen LogP contribution in [0.3, 0.4) is 0 Å². The summed E-state index contributed by atoms with van der Waals surface area (Å²) in [6, 6.07) is 0.632. The first-order valence-electron chi connectivity index (χ1n) is 7.74. The Kier molecular flexibility index (Phi) is 5.73. The molecule has 0 aliphatic carbocycles. The van der Waals surface area contributed by atoms with E-state index in [4.69, 9.17) is 0 Å². The lowest BCUT2D eigenvalue weighted by Crippen LogP contribution is -2.51. The van der Waals surface area contributed by atoms with E-state index in [-0.39, 0.29) is 0 Å². The summed E-state index contributed by atoms with van der Waals surface area (Å²) in [6.45, 7) is 13.1. The molecule has 1 unspecified atom stereocenters. The molecular formula is C15H27N5. The topological polar surface area (TPSA) is 44.3 Å². The fourth-order valence-electron chi connectivity index (χ4n) is 2.69. The molecule has 1 fully saturated rings. The molecule has 1 aliphatic heterocycles. The van der Waals surface area contributed by atoms with E-state index in [1.807, 2.05) is 12.4 Å². The van der Waals surface area contributed by atoms with Gasteiger partial charge in [-0.05, 0) is 19.9 Å². The van der Waals surface area contributed by atoms with Gasteiger partial charge in [0, 0.05) is 38.8 Å². The molecule has 1 aliphatic rings. The van der Waals surface area contributed by atoms with E-state index in [9.17, 15) is 0 Å². The number of nitrogens with zero attached hydrogens (tertiary/aromatic N) is 4. The highest BCUT2D eigenvalue weighted by atomic mass is 15.3. The summed E-state index contributed by atoms with van der Waals surface area (Å²) in [7, 11) is 0. The maximum atomic E-state index is 4.51. The van der Waals surface area contributed by atoms with Crippen LogP contribution in [0.5, 0.6) is 0 Å². The van der Waals surface area contributed by atoms with E-state index in [2.05, 4.69) is 45.9 Å². The van der Waals surface area contributed by atoms with Gasteiger partial charge >= 0.3 is 0 Å². The molecule has 1 saturated heterocycles. The molecule has 5 heteroatoms. The van der Waals surface area contributed by atoms with Crippen molar-refractivity contribution in [2.75, 3.05) is 38.0 Å². The van der Waals surface area contributed by atoms with Crippen molar-refractivity contribution >= 4 is 5.82 Å². The summed E-state index contributed by atoms with van der Waals surface area (Å²) >= 11 is 0. The van der Waals surface area contributed by atoms with Crippen molar-refractivity contribution in [1.29, 1.82) is 0 Å². The second kappa shape index (κ2) is 7.55. The van der Waals surface area contributed by atoms with Crippen molar-refractivity contribution < 1.29 is 0 Å². The van der Waals surface area contributed by atoms with Gasteiger partial charge in [0.2, 0.25) is 0 Å². The first-order valence-corrected chi connectivity index (χ1v) is 7.74. The largest absolute Gasteiger partial charge is 0.369 e. The first kappa shape index (κ1) is 15.2. The lowest BCUT2D eigenvalue weighted by atomic mass is 10.2. The van der Waals surface area contributed by atoms with Crippen LogP contribution in [0.15, 0.2) is 12.4 Å². The van der Waals surface area contributed by atoms with Crippen molar-refractivity contribution in [3.8, 4) is 0 Å². The van der Waals surface area contributed by atoms with Crippen molar-refractivity contribution in [2.45, 2.75) is 39.8 Å². The SMILES string of the molecule is CCCNc1cnc(CN2CCN(CC)C(C)C2)cn1. The zero-order valence-electron chi connectivity index (χ0n) is 13.0. The van der Waals surface area contributed by atoms with Crippen molar-refractivity contribution in [1.82, 2.24) is 19.8 Å². The summed E-state index contributed by atoms with van der Waals surface area (Å²) in [6.07, 6.45) is 4.84. The standard InChI is InChI=1S/C15H27N5/c1-4-6-16-15-10-17-14(9-18-15)12-19-7-8-20(5-2)13(3)11-19/h9-10,13H,4-8,11-12H2,1-3H3,(H,16,18). The van der Waals surface area contributed by atoms with Crippen LogP contribution >= 0.6 is 0 Å². The fourth-order valence-corrected chi connectivity index (χ4v) is 2.69. The van der Waals surface area contributed by atoms with E-state index in [0.29, 0.717) is 6.04 Å². The predicted molar refractivity (Wildman–Crippen MR) is 82.8 cm³/mol.